The molecule has 0 aliphatic carbocycles. The number of terminal acetylenes is 1. The Morgan fingerprint density at radius 1 is 1.31 bits per heavy atom. The van der Waals surface area contributed by atoms with Crippen LogP contribution >= 0.6 is 11.8 Å². The van der Waals surface area contributed by atoms with Gasteiger partial charge >= 0.3 is 11.9 Å². The zero-order valence-electron chi connectivity index (χ0n) is 14.0. The quantitative estimate of drug-likeness (QED) is 0.447. The van der Waals surface area contributed by atoms with Gasteiger partial charge in [0.15, 0.2) is 0 Å². The van der Waals surface area contributed by atoms with Crippen molar-refractivity contribution in [2.75, 3.05) is 12.4 Å². The van der Waals surface area contributed by atoms with Gasteiger partial charge in [-0.3, -0.25) is 4.79 Å². The number of nitrogens with zero attached hydrogens (tertiary/aromatic N) is 1. The summed E-state index contributed by atoms with van der Waals surface area (Å²) in [4.78, 5) is 25.8. The lowest BCUT2D eigenvalue weighted by atomic mass is 10.1. The summed E-state index contributed by atoms with van der Waals surface area (Å²) in [6.07, 6.45) is 7.51. The molecule has 1 aliphatic heterocycles. The van der Waals surface area contributed by atoms with E-state index >= 15 is 0 Å². The van der Waals surface area contributed by atoms with E-state index in [4.69, 9.17) is 16.3 Å². The van der Waals surface area contributed by atoms with Crippen LogP contribution in [-0.4, -0.2) is 50.2 Å². The normalized spacial score (nSPS) is 18.8. The number of hydrogen-bond acceptors (Lipinski definition) is 6. The number of aliphatic imine (C=N–C) groups is 1. The van der Waals surface area contributed by atoms with E-state index in [2.05, 4.69) is 10.9 Å². The minimum absolute atomic E-state index is 0.0714. The third-order valence-electron chi connectivity index (χ3n) is 3.81. The molecule has 0 bridgehead atoms. The Kier molecular flexibility index (Phi) is 6.52. The van der Waals surface area contributed by atoms with Crippen LogP contribution in [0.4, 0.5) is 0 Å². The van der Waals surface area contributed by atoms with Crippen molar-refractivity contribution in [3.05, 3.63) is 23.8 Å². The summed E-state index contributed by atoms with van der Waals surface area (Å²) >= 11 is 1.18. The zero-order chi connectivity index (χ0) is 19.2. The standard InChI is InChI=1S/C18H19NO6S/c1-2-18(17(23)24)11-26-16(19-18)13-8-7-12(10-14(13)20)25-9-5-3-4-6-15(21)22/h1,7-8,10,20H,3-6,9,11H2,(H,21,22)(H,23,24)/t18-/m1/s1. The maximum atomic E-state index is 11.3. The summed E-state index contributed by atoms with van der Waals surface area (Å²) < 4.78 is 5.53. The highest BCUT2D eigenvalue weighted by atomic mass is 32.2. The van der Waals surface area contributed by atoms with Crippen LogP contribution in [0.3, 0.4) is 0 Å². The molecule has 0 radical (unpaired) electrons. The first-order valence-corrected chi connectivity index (χ1v) is 8.98. The summed E-state index contributed by atoms with van der Waals surface area (Å²) in [5, 5.41) is 28.4. The van der Waals surface area contributed by atoms with Gasteiger partial charge in [0.25, 0.3) is 0 Å². The molecule has 0 aromatic heterocycles. The Hall–Kier alpha value is -2.66. The van der Waals surface area contributed by atoms with Crippen molar-refractivity contribution in [2.45, 2.75) is 31.2 Å². The van der Waals surface area contributed by atoms with Gasteiger partial charge in [-0.25, -0.2) is 9.79 Å². The molecule has 0 amide bonds. The van der Waals surface area contributed by atoms with Crippen LogP contribution in [0.25, 0.3) is 0 Å². The Labute approximate surface area is 155 Å². The smallest absolute Gasteiger partial charge is 0.345 e. The highest BCUT2D eigenvalue weighted by Gasteiger charge is 2.42. The fourth-order valence-electron chi connectivity index (χ4n) is 2.32. The number of benzene rings is 1. The van der Waals surface area contributed by atoms with Crippen molar-refractivity contribution in [3.63, 3.8) is 0 Å². The zero-order valence-corrected chi connectivity index (χ0v) is 14.8. The largest absolute Gasteiger partial charge is 0.507 e. The number of unbranched alkanes of at least 4 members (excludes halogenated alkanes) is 2. The lowest BCUT2D eigenvalue weighted by Gasteiger charge is -2.11. The maximum absolute atomic E-state index is 11.3. The molecule has 0 fully saturated rings. The topological polar surface area (TPSA) is 116 Å². The van der Waals surface area contributed by atoms with Gasteiger partial charge in [0.2, 0.25) is 5.54 Å². The number of carboxylic acid groups (broad SMARTS) is 2. The number of ether oxygens (including phenoxy) is 1. The molecule has 3 N–H and O–H groups in total. The van der Waals surface area contributed by atoms with Gasteiger partial charge in [0, 0.05) is 23.8 Å². The first-order valence-electron chi connectivity index (χ1n) is 8.00. The average Bonchev–Trinajstić information content (AvgIpc) is 3.03. The Bertz CT molecular complexity index is 769. The molecule has 1 aromatic rings. The van der Waals surface area contributed by atoms with Crippen molar-refractivity contribution < 1.29 is 29.6 Å². The molecular formula is C18H19NO6S. The van der Waals surface area contributed by atoms with Crippen molar-refractivity contribution in [2.24, 2.45) is 4.99 Å². The van der Waals surface area contributed by atoms with Crippen LogP contribution in [0.2, 0.25) is 0 Å². The summed E-state index contributed by atoms with van der Waals surface area (Å²) in [7, 11) is 0. The fourth-order valence-corrected chi connectivity index (χ4v) is 3.49. The van der Waals surface area contributed by atoms with E-state index in [9.17, 15) is 19.8 Å². The van der Waals surface area contributed by atoms with Gasteiger partial charge in [0.1, 0.15) is 16.5 Å². The molecule has 1 aromatic carbocycles. The number of hydrogen-bond donors (Lipinski definition) is 3. The van der Waals surface area contributed by atoms with E-state index in [-0.39, 0.29) is 17.9 Å². The lowest BCUT2D eigenvalue weighted by molar-refractivity contribution is -0.140. The first-order chi connectivity index (χ1) is 12.4. The Morgan fingerprint density at radius 3 is 2.65 bits per heavy atom. The van der Waals surface area contributed by atoms with Crippen molar-refractivity contribution >= 4 is 28.7 Å². The van der Waals surface area contributed by atoms with E-state index < -0.39 is 17.5 Å². The average molecular weight is 377 g/mol. The highest BCUT2D eigenvalue weighted by molar-refractivity contribution is 8.14. The number of carbonyl (C=O) groups is 2. The predicted molar refractivity (Wildman–Crippen MR) is 97.9 cm³/mol. The molecule has 1 aliphatic rings. The summed E-state index contributed by atoms with van der Waals surface area (Å²) in [5.41, 5.74) is -1.19. The van der Waals surface area contributed by atoms with Crippen molar-refractivity contribution in [3.8, 4) is 23.8 Å². The minimum atomic E-state index is -1.60. The molecule has 8 heteroatoms. The molecule has 0 saturated heterocycles. The Balaban J connectivity index is 1.96. The Morgan fingerprint density at radius 2 is 2.08 bits per heavy atom. The monoisotopic (exact) mass is 377 g/mol. The van der Waals surface area contributed by atoms with Crippen LogP contribution in [0, 0.1) is 12.3 Å². The van der Waals surface area contributed by atoms with E-state index in [1.54, 1.807) is 12.1 Å². The van der Waals surface area contributed by atoms with Gasteiger partial charge in [-0.2, -0.15) is 0 Å². The molecule has 1 heterocycles. The first kappa shape index (κ1) is 19.7. The summed E-state index contributed by atoms with van der Waals surface area (Å²) in [6, 6.07) is 4.70. The molecular weight excluding hydrogens is 358 g/mol. The number of phenolic OH excluding ortho intramolecular Hbond substituents is 1. The second-order valence-corrected chi connectivity index (χ2v) is 6.71. The second-order valence-electron chi connectivity index (χ2n) is 5.75. The second kappa shape index (κ2) is 8.63. The summed E-state index contributed by atoms with van der Waals surface area (Å²) in [5.74, 6) is 0.718. The van der Waals surface area contributed by atoms with Gasteiger partial charge in [-0.05, 0) is 31.4 Å². The van der Waals surface area contributed by atoms with Gasteiger partial charge in [0.05, 0.1) is 6.61 Å². The molecule has 138 valence electrons. The van der Waals surface area contributed by atoms with Crippen LogP contribution < -0.4 is 4.74 Å². The summed E-state index contributed by atoms with van der Waals surface area (Å²) in [6.45, 7) is 0.410. The van der Waals surface area contributed by atoms with Gasteiger partial charge < -0.3 is 20.1 Å². The molecule has 0 unspecified atom stereocenters. The van der Waals surface area contributed by atoms with E-state index in [0.717, 1.165) is 6.42 Å². The van der Waals surface area contributed by atoms with Gasteiger partial charge in [-0.1, -0.05) is 5.92 Å². The third-order valence-corrected chi connectivity index (χ3v) is 4.95. The molecule has 7 nitrogen and oxygen atoms in total. The minimum Gasteiger partial charge on any atom is -0.507 e. The van der Waals surface area contributed by atoms with Crippen LogP contribution in [0.5, 0.6) is 11.5 Å². The number of aliphatic carboxylic acids is 2. The molecule has 2 rings (SSSR count). The van der Waals surface area contributed by atoms with Crippen LogP contribution in [0.15, 0.2) is 23.2 Å². The molecule has 0 saturated carbocycles. The molecule has 26 heavy (non-hydrogen) atoms. The predicted octanol–water partition coefficient (Wildman–Crippen LogP) is 2.37. The SMILES string of the molecule is C#C[C@]1(C(=O)O)CSC(c2ccc(OCCCCCC(=O)O)cc2O)=N1. The van der Waals surface area contributed by atoms with E-state index in [1.165, 1.54) is 17.8 Å². The lowest BCUT2D eigenvalue weighted by Crippen LogP contribution is -2.35. The number of aromatic hydroxyl groups is 1. The highest BCUT2D eigenvalue weighted by Crippen LogP contribution is 2.35. The molecule has 0 spiro atoms. The van der Waals surface area contributed by atoms with Crippen molar-refractivity contribution in [1.82, 2.24) is 0 Å². The fraction of sp³-hybridized carbons (Fsp3) is 0.389. The molecule has 1 atom stereocenters. The number of thioether (sulfide) groups is 1. The van der Waals surface area contributed by atoms with Crippen LogP contribution in [-0.2, 0) is 9.59 Å². The number of phenols is 1. The third kappa shape index (κ3) is 4.70. The van der Waals surface area contributed by atoms with E-state index in [1.807, 2.05) is 0 Å². The maximum Gasteiger partial charge on any atom is 0.345 e. The van der Waals surface area contributed by atoms with Crippen LogP contribution in [0.1, 0.15) is 31.2 Å². The number of carboxylic acids is 2. The van der Waals surface area contributed by atoms with E-state index in [0.29, 0.717) is 35.8 Å². The van der Waals surface area contributed by atoms with Gasteiger partial charge in [-0.15, -0.1) is 18.2 Å². The number of rotatable bonds is 9. The van der Waals surface area contributed by atoms with Crippen molar-refractivity contribution in [1.29, 1.82) is 0 Å².